The number of carbonyl (C=O) groups excluding carboxylic acids is 1. The highest BCUT2D eigenvalue weighted by atomic mass is 16.3. The van der Waals surface area contributed by atoms with Gasteiger partial charge >= 0.3 is 0 Å². The molecule has 3 atom stereocenters. The Hall–Kier alpha value is -0.650. The lowest BCUT2D eigenvalue weighted by molar-refractivity contribution is -0.123. The molecular weight excluding hydrogens is 172 g/mol. The molecule has 5 heteroatoms. The van der Waals surface area contributed by atoms with Crippen molar-refractivity contribution in [2.45, 2.75) is 25.2 Å². The van der Waals surface area contributed by atoms with Gasteiger partial charge in [-0.1, -0.05) is 0 Å². The second-order valence-electron chi connectivity index (χ2n) is 3.58. The molecule has 0 saturated carbocycles. The lowest BCUT2D eigenvalue weighted by atomic mass is 9.99. The Labute approximate surface area is 77.3 Å². The Morgan fingerprint density at radius 3 is 2.23 bits per heavy atom. The summed E-state index contributed by atoms with van der Waals surface area (Å²) in [6, 6.07) is -0.534. The number of piperidine rings is 1. The van der Waals surface area contributed by atoms with E-state index in [2.05, 4.69) is 5.32 Å². The smallest absolute Gasteiger partial charge is 0.217 e. The van der Waals surface area contributed by atoms with E-state index < -0.39 is 18.2 Å². The summed E-state index contributed by atoms with van der Waals surface area (Å²) in [5.74, 6) is -0.229. The van der Waals surface area contributed by atoms with Crippen molar-refractivity contribution in [2.24, 2.45) is 0 Å². The maximum absolute atomic E-state index is 10.7. The summed E-state index contributed by atoms with van der Waals surface area (Å²) < 4.78 is 0. The fourth-order valence-corrected chi connectivity index (χ4v) is 1.62. The topological polar surface area (TPSA) is 72.8 Å². The molecule has 1 rings (SSSR count). The summed E-state index contributed by atoms with van der Waals surface area (Å²) >= 11 is 0. The molecule has 0 aromatic heterocycles. The van der Waals surface area contributed by atoms with Gasteiger partial charge < -0.3 is 20.4 Å². The van der Waals surface area contributed by atoms with Gasteiger partial charge in [0, 0.05) is 20.0 Å². The molecule has 76 valence electrons. The van der Waals surface area contributed by atoms with Gasteiger partial charge in [0.1, 0.15) is 0 Å². The zero-order valence-corrected chi connectivity index (χ0v) is 7.90. The quantitative estimate of drug-likeness (QED) is 0.452. The zero-order chi connectivity index (χ0) is 10.0. The van der Waals surface area contributed by atoms with E-state index in [0.29, 0.717) is 13.1 Å². The van der Waals surface area contributed by atoms with Gasteiger partial charge in [-0.05, 0) is 7.05 Å². The first-order valence-corrected chi connectivity index (χ1v) is 4.32. The van der Waals surface area contributed by atoms with E-state index in [1.54, 1.807) is 0 Å². The van der Waals surface area contributed by atoms with Gasteiger partial charge in [0.05, 0.1) is 18.2 Å². The van der Waals surface area contributed by atoms with Crippen molar-refractivity contribution in [2.75, 3.05) is 20.1 Å². The van der Waals surface area contributed by atoms with E-state index in [1.165, 1.54) is 6.92 Å². The molecule has 1 fully saturated rings. The second kappa shape index (κ2) is 4.04. The van der Waals surface area contributed by atoms with Crippen LogP contribution in [0.3, 0.4) is 0 Å². The molecule has 1 aliphatic heterocycles. The summed E-state index contributed by atoms with van der Waals surface area (Å²) in [6.07, 6.45) is -1.39. The summed E-state index contributed by atoms with van der Waals surface area (Å²) in [4.78, 5) is 12.6. The van der Waals surface area contributed by atoms with Crippen LogP contribution < -0.4 is 5.32 Å². The van der Waals surface area contributed by atoms with Crippen LogP contribution in [-0.2, 0) is 4.79 Å². The second-order valence-corrected chi connectivity index (χ2v) is 3.58. The van der Waals surface area contributed by atoms with Crippen molar-refractivity contribution < 1.29 is 15.0 Å². The summed E-state index contributed by atoms with van der Waals surface area (Å²) in [5, 5.41) is 21.6. The van der Waals surface area contributed by atoms with Crippen LogP contribution in [0.1, 0.15) is 6.92 Å². The van der Waals surface area contributed by atoms with E-state index in [0.717, 1.165) is 0 Å². The Kier molecular flexibility index (Phi) is 3.24. The van der Waals surface area contributed by atoms with Crippen LogP contribution in [0.2, 0.25) is 0 Å². The normalized spacial score (nSPS) is 35.8. The largest absolute Gasteiger partial charge is 0.390 e. The van der Waals surface area contributed by atoms with E-state index in [-0.39, 0.29) is 5.91 Å². The number of nitrogens with zero attached hydrogens (tertiary/aromatic N) is 1. The predicted molar refractivity (Wildman–Crippen MR) is 47.1 cm³/mol. The fourth-order valence-electron chi connectivity index (χ4n) is 1.62. The minimum atomic E-state index is -0.697. The van der Waals surface area contributed by atoms with Gasteiger partial charge in [0.2, 0.25) is 5.91 Å². The third kappa shape index (κ3) is 2.65. The highest BCUT2D eigenvalue weighted by molar-refractivity contribution is 5.73. The highest BCUT2D eigenvalue weighted by Crippen LogP contribution is 2.10. The Bertz CT molecular complexity index is 186. The molecule has 1 unspecified atom stereocenters. The molecule has 1 amide bonds. The molecule has 1 saturated heterocycles. The average molecular weight is 188 g/mol. The summed E-state index contributed by atoms with van der Waals surface area (Å²) in [6.45, 7) is 2.32. The van der Waals surface area contributed by atoms with Crippen molar-refractivity contribution in [3.8, 4) is 0 Å². The van der Waals surface area contributed by atoms with E-state index >= 15 is 0 Å². The van der Waals surface area contributed by atoms with Gasteiger partial charge in [0.15, 0.2) is 0 Å². The van der Waals surface area contributed by atoms with Crippen LogP contribution >= 0.6 is 0 Å². The van der Waals surface area contributed by atoms with Crippen LogP contribution in [0.4, 0.5) is 0 Å². The number of nitrogens with one attached hydrogen (secondary N) is 1. The third-order valence-electron chi connectivity index (χ3n) is 2.20. The number of hydrogen-bond acceptors (Lipinski definition) is 4. The number of β-amino-alcohol motifs (C(OH)–C–C–N with tert-alkyl or cyclic N) is 2. The molecule has 5 nitrogen and oxygen atoms in total. The molecule has 0 radical (unpaired) electrons. The standard InChI is InChI=1S/C8H16N2O3/c1-5(11)9-8-6(12)3-10(2)4-7(8)13/h6-8,12-13H,3-4H2,1-2H3,(H,9,11)/t6-,7+,8?. The minimum absolute atomic E-state index is 0.229. The number of hydrogen-bond donors (Lipinski definition) is 3. The van der Waals surface area contributed by atoms with Crippen molar-refractivity contribution in [3.05, 3.63) is 0 Å². The van der Waals surface area contributed by atoms with Crippen molar-refractivity contribution in [1.82, 2.24) is 10.2 Å². The van der Waals surface area contributed by atoms with Crippen LogP contribution in [-0.4, -0.2) is 59.4 Å². The summed E-state index contributed by atoms with van der Waals surface area (Å²) in [7, 11) is 1.82. The molecule has 1 aliphatic rings. The van der Waals surface area contributed by atoms with Gasteiger partial charge in [-0.2, -0.15) is 0 Å². The maximum Gasteiger partial charge on any atom is 0.217 e. The van der Waals surface area contributed by atoms with Crippen molar-refractivity contribution in [3.63, 3.8) is 0 Å². The number of amides is 1. The lowest BCUT2D eigenvalue weighted by Gasteiger charge is -2.37. The lowest BCUT2D eigenvalue weighted by Crippen LogP contribution is -2.60. The first-order valence-electron chi connectivity index (χ1n) is 4.32. The van der Waals surface area contributed by atoms with E-state index in [4.69, 9.17) is 0 Å². The van der Waals surface area contributed by atoms with Crippen molar-refractivity contribution in [1.29, 1.82) is 0 Å². The van der Waals surface area contributed by atoms with Crippen molar-refractivity contribution >= 4 is 5.91 Å². The van der Waals surface area contributed by atoms with Crippen LogP contribution in [0, 0.1) is 0 Å². The van der Waals surface area contributed by atoms with Gasteiger partial charge in [-0.25, -0.2) is 0 Å². The fraction of sp³-hybridized carbons (Fsp3) is 0.875. The average Bonchev–Trinajstić information content (AvgIpc) is 1.96. The first kappa shape index (κ1) is 10.4. The number of rotatable bonds is 1. The van der Waals surface area contributed by atoms with E-state index in [1.807, 2.05) is 11.9 Å². The van der Waals surface area contributed by atoms with Crippen LogP contribution in [0.5, 0.6) is 0 Å². The Morgan fingerprint density at radius 1 is 1.38 bits per heavy atom. The molecule has 13 heavy (non-hydrogen) atoms. The molecule has 3 N–H and O–H groups in total. The SMILES string of the molecule is CC(=O)NC1[C@H](O)CN(C)C[C@@H]1O. The van der Waals surface area contributed by atoms with Crippen LogP contribution in [0.15, 0.2) is 0 Å². The number of carbonyl (C=O) groups is 1. The molecule has 0 bridgehead atoms. The number of likely N-dealkylation sites (tertiary alicyclic amines) is 1. The predicted octanol–water partition coefficient (Wildman–Crippen LogP) is -1.84. The number of aliphatic hydroxyl groups excluding tert-OH is 2. The number of aliphatic hydroxyl groups is 2. The van der Waals surface area contributed by atoms with Gasteiger partial charge in [0.25, 0.3) is 0 Å². The molecule has 1 heterocycles. The Morgan fingerprint density at radius 2 is 1.85 bits per heavy atom. The van der Waals surface area contributed by atoms with Crippen LogP contribution in [0.25, 0.3) is 0 Å². The molecule has 0 aliphatic carbocycles. The Balaban J connectivity index is 2.56. The molecular formula is C8H16N2O3. The third-order valence-corrected chi connectivity index (χ3v) is 2.20. The highest BCUT2D eigenvalue weighted by Gasteiger charge is 2.33. The first-order chi connectivity index (χ1) is 6.00. The minimum Gasteiger partial charge on any atom is -0.390 e. The van der Waals surface area contributed by atoms with Gasteiger partial charge in [-0.15, -0.1) is 0 Å². The maximum atomic E-state index is 10.7. The zero-order valence-electron chi connectivity index (χ0n) is 7.90. The monoisotopic (exact) mass is 188 g/mol. The molecule has 0 aromatic rings. The van der Waals surface area contributed by atoms with Gasteiger partial charge in [-0.3, -0.25) is 4.79 Å². The summed E-state index contributed by atoms with van der Waals surface area (Å²) in [5.41, 5.74) is 0. The molecule has 0 aromatic carbocycles. The molecule has 0 spiro atoms. The van der Waals surface area contributed by atoms with E-state index in [9.17, 15) is 15.0 Å². The number of likely N-dealkylation sites (N-methyl/N-ethyl adjacent to an activating group) is 1.